The Balaban J connectivity index is 1.47. The Morgan fingerprint density at radius 1 is 1.35 bits per heavy atom. The molecular weight excluding hydrogens is 310 g/mol. The van der Waals surface area contributed by atoms with Gasteiger partial charge in [-0.2, -0.15) is 11.3 Å². The highest BCUT2D eigenvalue weighted by Crippen LogP contribution is 2.33. The van der Waals surface area contributed by atoms with Gasteiger partial charge in [0.2, 0.25) is 5.82 Å². The minimum atomic E-state index is -0.113. The first-order valence-electron chi connectivity index (χ1n) is 8.18. The van der Waals surface area contributed by atoms with Crippen LogP contribution in [0.15, 0.2) is 16.8 Å². The van der Waals surface area contributed by atoms with E-state index >= 15 is 0 Å². The van der Waals surface area contributed by atoms with Crippen molar-refractivity contribution in [1.82, 2.24) is 25.0 Å². The van der Waals surface area contributed by atoms with Gasteiger partial charge in [-0.05, 0) is 41.1 Å². The van der Waals surface area contributed by atoms with Crippen LogP contribution in [0.1, 0.15) is 28.9 Å². The average molecular weight is 331 g/mol. The van der Waals surface area contributed by atoms with Crippen molar-refractivity contribution >= 4 is 17.2 Å². The Morgan fingerprint density at radius 2 is 2.22 bits per heavy atom. The van der Waals surface area contributed by atoms with Crippen LogP contribution in [0.4, 0.5) is 0 Å². The number of amides is 1. The van der Waals surface area contributed by atoms with E-state index < -0.39 is 0 Å². The number of aromatic nitrogens is 3. The molecule has 0 aliphatic carbocycles. The largest absolute Gasteiger partial charge is 0.350 e. The van der Waals surface area contributed by atoms with Crippen LogP contribution >= 0.6 is 11.3 Å². The highest BCUT2D eigenvalue weighted by molar-refractivity contribution is 7.07. The summed E-state index contributed by atoms with van der Waals surface area (Å²) in [5.41, 5.74) is 1.40. The molecule has 0 spiro atoms. The van der Waals surface area contributed by atoms with Crippen LogP contribution in [0.5, 0.6) is 0 Å². The van der Waals surface area contributed by atoms with Crippen LogP contribution < -0.4 is 5.32 Å². The number of thiophene rings is 1. The van der Waals surface area contributed by atoms with E-state index in [0.29, 0.717) is 24.2 Å². The summed E-state index contributed by atoms with van der Waals surface area (Å²) in [6, 6.07) is 2.20. The van der Waals surface area contributed by atoms with Crippen LogP contribution in [-0.2, 0) is 19.5 Å². The molecule has 0 aromatic carbocycles. The van der Waals surface area contributed by atoms with Crippen LogP contribution in [0.25, 0.3) is 0 Å². The second kappa shape index (κ2) is 6.05. The number of nitrogens with one attached hydrogen (secondary N) is 1. The van der Waals surface area contributed by atoms with E-state index in [1.807, 2.05) is 11.5 Å². The molecule has 0 bridgehead atoms. The van der Waals surface area contributed by atoms with Crippen LogP contribution in [0.2, 0.25) is 0 Å². The summed E-state index contributed by atoms with van der Waals surface area (Å²) < 4.78 is 2.03. The van der Waals surface area contributed by atoms with Gasteiger partial charge in [-0.1, -0.05) is 0 Å². The predicted octanol–water partition coefficient (Wildman–Crippen LogP) is 1.39. The van der Waals surface area contributed by atoms with Crippen molar-refractivity contribution in [2.24, 2.45) is 11.8 Å². The summed E-state index contributed by atoms with van der Waals surface area (Å²) in [7, 11) is 0. The second-order valence-corrected chi connectivity index (χ2v) is 7.24. The van der Waals surface area contributed by atoms with E-state index in [4.69, 9.17) is 0 Å². The van der Waals surface area contributed by atoms with Crippen molar-refractivity contribution in [2.45, 2.75) is 26.4 Å². The summed E-state index contributed by atoms with van der Waals surface area (Å²) in [5.74, 6) is 2.54. The molecule has 4 rings (SSSR count). The first-order valence-corrected chi connectivity index (χ1v) is 9.12. The topological polar surface area (TPSA) is 63.1 Å². The molecule has 122 valence electrons. The third-order valence-corrected chi connectivity index (χ3v) is 5.60. The lowest BCUT2D eigenvalue weighted by Crippen LogP contribution is -2.33. The number of carbonyl (C=O) groups is 1. The maximum absolute atomic E-state index is 12.1. The van der Waals surface area contributed by atoms with E-state index in [-0.39, 0.29) is 5.91 Å². The molecule has 0 radical (unpaired) electrons. The number of carbonyl (C=O) groups excluding carboxylic acids is 1. The van der Waals surface area contributed by atoms with Crippen molar-refractivity contribution in [3.05, 3.63) is 34.0 Å². The summed E-state index contributed by atoms with van der Waals surface area (Å²) in [4.78, 5) is 14.6. The van der Waals surface area contributed by atoms with Gasteiger partial charge in [-0.25, -0.2) is 0 Å². The van der Waals surface area contributed by atoms with E-state index in [0.717, 1.165) is 38.4 Å². The van der Waals surface area contributed by atoms with E-state index in [1.165, 1.54) is 5.56 Å². The molecule has 2 aliphatic rings. The van der Waals surface area contributed by atoms with E-state index in [1.54, 1.807) is 11.3 Å². The zero-order valence-electron chi connectivity index (χ0n) is 13.2. The number of hydrogen-bond acceptors (Lipinski definition) is 5. The number of rotatable bonds is 4. The second-order valence-electron chi connectivity index (χ2n) is 6.46. The van der Waals surface area contributed by atoms with Gasteiger partial charge in [0.25, 0.3) is 5.91 Å². The molecule has 1 N–H and O–H groups in total. The smallest absolute Gasteiger partial charge is 0.289 e. The molecule has 7 heteroatoms. The molecule has 2 atom stereocenters. The number of nitrogens with zero attached hydrogens (tertiary/aromatic N) is 4. The first kappa shape index (κ1) is 14.8. The first-order chi connectivity index (χ1) is 11.2. The van der Waals surface area contributed by atoms with Gasteiger partial charge < -0.3 is 9.88 Å². The Labute approximate surface area is 139 Å². The van der Waals surface area contributed by atoms with Crippen LogP contribution in [0.3, 0.4) is 0 Å². The fourth-order valence-corrected chi connectivity index (χ4v) is 4.46. The molecular formula is C16H21N5OS. The van der Waals surface area contributed by atoms with Crippen molar-refractivity contribution in [3.8, 4) is 0 Å². The minimum Gasteiger partial charge on any atom is -0.350 e. The fraction of sp³-hybridized carbons (Fsp3) is 0.562. The molecule has 23 heavy (non-hydrogen) atoms. The van der Waals surface area contributed by atoms with Gasteiger partial charge in [-0.3, -0.25) is 9.69 Å². The Hall–Kier alpha value is -1.73. The lowest BCUT2D eigenvalue weighted by atomic mass is 9.89. The van der Waals surface area contributed by atoms with E-state index in [9.17, 15) is 4.79 Å². The van der Waals surface area contributed by atoms with Gasteiger partial charge in [0.15, 0.2) is 0 Å². The lowest BCUT2D eigenvalue weighted by molar-refractivity contribution is 0.0937. The predicted molar refractivity (Wildman–Crippen MR) is 88.3 cm³/mol. The normalized spacial score (nSPS) is 23.5. The Morgan fingerprint density at radius 3 is 3.00 bits per heavy atom. The molecule has 0 saturated carbocycles. The van der Waals surface area contributed by atoms with Gasteiger partial charge in [0.1, 0.15) is 5.82 Å². The Kier molecular flexibility index (Phi) is 3.90. The lowest BCUT2D eigenvalue weighted by Gasteiger charge is -2.25. The van der Waals surface area contributed by atoms with Crippen molar-refractivity contribution in [3.63, 3.8) is 0 Å². The molecule has 2 aromatic rings. The summed E-state index contributed by atoms with van der Waals surface area (Å²) in [5, 5.41) is 15.6. The average Bonchev–Trinajstić information content (AvgIpc) is 3.23. The molecule has 1 amide bonds. The molecule has 2 aliphatic heterocycles. The summed E-state index contributed by atoms with van der Waals surface area (Å²) in [6.07, 6.45) is 0.928. The fourth-order valence-electron chi connectivity index (χ4n) is 3.80. The van der Waals surface area contributed by atoms with Gasteiger partial charge >= 0.3 is 0 Å². The Bertz CT molecular complexity index is 695. The summed E-state index contributed by atoms with van der Waals surface area (Å²) >= 11 is 1.76. The van der Waals surface area contributed by atoms with Crippen LogP contribution in [-0.4, -0.2) is 45.2 Å². The third kappa shape index (κ3) is 2.79. The molecule has 6 nitrogen and oxygen atoms in total. The number of hydrogen-bond donors (Lipinski definition) is 1. The molecule has 4 heterocycles. The zero-order chi connectivity index (χ0) is 15.8. The van der Waals surface area contributed by atoms with Crippen molar-refractivity contribution < 1.29 is 4.79 Å². The van der Waals surface area contributed by atoms with Gasteiger partial charge in [-0.15, -0.1) is 10.2 Å². The number of likely N-dealkylation sites (tertiary alicyclic amines) is 1. The van der Waals surface area contributed by atoms with E-state index in [2.05, 4.69) is 37.2 Å². The SMILES string of the molecule is CCNC(=O)c1nnc2n1C[C@H]1CN(Cc3ccsc3)C[C@@H]1C2. The molecule has 1 fully saturated rings. The van der Waals surface area contributed by atoms with Crippen LogP contribution in [0, 0.1) is 11.8 Å². The molecule has 1 saturated heterocycles. The third-order valence-electron chi connectivity index (χ3n) is 4.87. The van der Waals surface area contributed by atoms with Gasteiger partial charge in [0.05, 0.1) is 0 Å². The molecule has 2 aromatic heterocycles. The van der Waals surface area contributed by atoms with Crippen molar-refractivity contribution in [2.75, 3.05) is 19.6 Å². The quantitative estimate of drug-likeness (QED) is 0.920. The molecule has 0 unspecified atom stereocenters. The maximum Gasteiger partial charge on any atom is 0.289 e. The number of fused-ring (bicyclic) bond motifs is 2. The minimum absolute atomic E-state index is 0.113. The standard InChI is InChI=1S/C16H21N5OS/c1-2-17-16(22)15-19-18-14-5-12-7-20(6-11-3-4-23-10-11)8-13(12)9-21(14)15/h3-4,10,12-13H,2,5-9H2,1H3,(H,17,22)/t12-,13+/m0/s1. The maximum atomic E-state index is 12.1. The van der Waals surface area contributed by atoms with Crippen molar-refractivity contribution in [1.29, 1.82) is 0 Å². The van der Waals surface area contributed by atoms with Gasteiger partial charge in [0, 0.05) is 39.1 Å². The summed E-state index contributed by atoms with van der Waals surface area (Å²) in [6.45, 7) is 6.62. The monoisotopic (exact) mass is 331 g/mol. The highest BCUT2D eigenvalue weighted by Gasteiger charge is 2.38. The highest BCUT2D eigenvalue weighted by atomic mass is 32.1. The zero-order valence-corrected chi connectivity index (χ0v) is 14.1.